The van der Waals surface area contributed by atoms with Crippen LogP contribution in [0.15, 0.2) is 24.3 Å². The Morgan fingerprint density at radius 3 is 1.61 bits per heavy atom. The molecule has 0 unspecified atom stereocenters. The number of fused-ring (bicyclic) bond motifs is 1. The first-order valence-electron chi connectivity index (χ1n) is 31.3. The third-order valence-corrected chi connectivity index (χ3v) is 17.1. The van der Waals surface area contributed by atoms with Crippen LogP contribution in [0.1, 0.15) is 148 Å². The van der Waals surface area contributed by atoms with Crippen LogP contribution >= 0.6 is 0 Å². The molecule has 3 rings (SSSR count). The third kappa shape index (κ3) is 20.1. The lowest BCUT2D eigenvalue weighted by molar-refractivity contribution is -0.162. The van der Waals surface area contributed by atoms with Crippen LogP contribution in [0.5, 0.6) is 5.75 Å². The Kier molecular flexibility index (Phi) is 28.5. The number of likely N-dealkylation sites (N-methyl/N-ethyl adjacent to an activating group) is 5. The van der Waals surface area contributed by atoms with E-state index < -0.39 is 180 Å². The summed E-state index contributed by atoms with van der Waals surface area (Å²) in [7, 11) is 8.42. The largest absolute Gasteiger partial charge is 0.497 e. The van der Waals surface area contributed by atoms with Crippen LogP contribution in [0.2, 0.25) is 0 Å². The normalized spacial score (nSPS) is 26.6. The van der Waals surface area contributed by atoms with E-state index >= 15 is 14.4 Å². The van der Waals surface area contributed by atoms with Gasteiger partial charge in [-0.2, -0.15) is 0 Å². The first-order chi connectivity index (χ1) is 41.4. The number of rotatable bonds is 12. The van der Waals surface area contributed by atoms with Crippen molar-refractivity contribution < 1.29 is 67.0 Å². The van der Waals surface area contributed by atoms with Crippen molar-refractivity contribution >= 4 is 70.9 Å². The van der Waals surface area contributed by atoms with Gasteiger partial charge in [0.05, 0.1) is 20.1 Å². The predicted octanol–water partition coefficient (Wildman–Crippen LogP) is 2.65. The molecule has 1 aromatic rings. The number of hydrogen-bond donors (Lipinski definition) is 5. The van der Waals surface area contributed by atoms with E-state index in [4.69, 9.17) is 9.47 Å². The number of nitrogens with zero attached hydrogens (tertiary/aromatic N) is 6. The number of carbonyl (C=O) groups is 12. The van der Waals surface area contributed by atoms with Gasteiger partial charge in [0.2, 0.25) is 65.0 Å². The highest BCUT2D eigenvalue weighted by molar-refractivity contribution is 6.00. The molecule has 2 saturated heterocycles. The van der Waals surface area contributed by atoms with Crippen molar-refractivity contribution in [2.45, 2.75) is 215 Å². The van der Waals surface area contributed by atoms with Crippen molar-refractivity contribution in [2.75, 3.05) is 55.4 Å². The Bertz CT molecular complexity index is 2680. The zero-order chi connectivity index (χ0) is 67.8. The number of nitrogens with one attached hydrogen (secondary N) is 5. The summed E-state index contributed by atoms with van der Waals surface area (Å²) in [4.78, 5) is 182. The summed E-state index contributed by atoms with van der Waals surface area (Å²) in [5.74, 6) is -11.0. The number of methoxy groups -OCH3 is 1. The molecular weight excluding hydrogens is 1150 g/mol. The minimum Gasteiger partial charge on any atom is -0.497 e. The van der Waals surface area contributed by atoms with Crippen LogP contribution in [-0.4, -0.2) is 222 Å². The Hall–Kier alpha value is -7.34. The van der Waals surface area contributed by atoms with Gasteiger partial charge < -0.3 is 65.5 Å². The van der Waals surface area contributed by atoms with E-state index in [1.54, 1.807) is 100 Å². The number of hydrogen-bond acceptors (Lipinski definition) is 14. The Morgan fingerprint density at radius 1 is 0.562 bits per heavy atom. The molecule has 0 saturated carbocycles. The van der Waals surface area contributed by atoms with Gasteiger partial charge >= 0.3 is 5.97 Å². The first-order valence-corrected chi connectivity index (χ1v) is 31.3. The van der Waals surface area contributed by atoms with E-state index in [9.17, 15) is 43.2 Å². The zero-order valence-corrected chi connectivity index (χ0v) is 56.7. The molecule has 25 nitrogen and oxygen atoms in total. The summed E-state index contributed by atoms with van der Waals surface area (Å²) < 4.78 is 11.0. The molecule has 12 atom stereocenters. The van der Waals surface area contributed by atoms with Crippen molar-refractivity contribution in [3.05, 3.63) is 29.8 Å². The van der Waals surface area contributed by atoms with Gasteiger partial charge in [0.15, 0.2) is 0 Å². The average Bonchev–Trinajstić information content (AvgIpc) is 1.37. The summed E-state index contributed by atoms with van der Waals surface area (Å²) in [6, 6.07) is -5.99. The second kappa shape index (κ2) is 33.5. The monoisotopic (exact) mass is 1250 g/mol. The SMILES string of the molecule is CC[C@H](C)[C@H]1C(=O)NCC(=O)N(C)[C@@H](C(C)C)C(=O)N[C@@H](Cc2ccc(OC)cc2)C(=O)N[C@H](C)C(=O)N[C@H](C)C(=O)N2CCCC[C@H]2C(=O)N(C)[C@@H](C(C)C)C(=O)N[C@@H](C(C)C)C(=O)N(C)[C@@H](CC(=O)OC(C)(C)C)C(=O)N(C)[C@@H]([C@@H](C)CC)C(=O)N1C. The minimum absolute atomic E-state index is 0.0767. The molecule has 0 spiro atoms. The maximum absolute atomic E-state index is 15.3. The van der Waals surface area contributed by atoms with Gasteiger partial charge in [0, 0.05) is 48.2 Å². The molecule has 2 fully saturated rings. The lowest BCUT2D eigenvalue weighted by atomic mass is 9.92. The number of benzene rings is 1. The lowest BCUT2D eigenvalue weighted by Gasteiger charge is -2.41. The third-order valence-electron chi connectivity index (χ3n) is 17.1. The van der Waals surface area contributed by atoms with E-state index in [2.05, 4.69) is 26.6 Å². The van der Waals surface area contributed by atoms with Crippen molar-refractivity contribution in [3.8, 4) is 5.75 Å². The molecule has 0 aromatic heterocycles. The highest BCUT2D eigenvalue weighted by Crippen LogP contribution is 2.27. The molecule has 2 heterocycles. The summed E-state index contributed by atoms with van der Waals surface area (Å²) in [5, 5.41) is 13.7. The number of esters is 1. The van der Waals surface area contributed by atoms with Gasteiger partial charge in [-0.3, -0.25) is 57.5 Å². The van der Waals surface area contributed by atoms with Crippen LogP contribution in [0, 0.1) is 29.6 Å². The van der Waals surface area contributed by atoms with Crippen LogP contribution in [0.3, 0.4) is 0 Å². The molecule has 2 aliphatic rings. The number of carbonyl (C=O) groups excluding carboxylic acids is 12. The average molecular weight is 1250 g/mol. The van der Waals surface area contributed by atoms with Gasteiger partial charge in [0.25, 0.3) is 0 Å². The van der Waals surface area contributed by atoms with Crippen molar-refractivity contribution in [2.24, 2.45) is 29.6 Å². The van der Waals surface area contributed by atoms with Gasteiger partial charge in [-0.25, -0.2) is 0 Å². The fraction of sp³-hybridized carbons (Fsp3) is 0.719. The predicted molar refractivity (Wildman–Crippen MR) is 335 cm³/mol. The summed E-state index contributed by atoms with van der Waals surface area (Å²) in [6.45, 7) is 24.6. The number of ether oxygens (including phenoxy) is 2. The maximum atomic E-state index is 15.3. The second-order valence-electron chi connectivity index (χ2n) is 26.2. The van der Waals surface area contributed by atoms with Gasteiger partial charge in [-0.15, -0.1) is 0 Å². The minimum atomic E-state index is -1.61. The number of amides is 11. The molecule has 11 amide bonds. The lowest BCUT2D eigenvalue weighted by Crippen LogP contribution is -2.63. The smallest absolute Gasteiger partial charge is 0.308 e. The van der Waals surface area contributed by atoms with Crippen LogP contribution in [0.25, 0.3) is 0 Å². The van der Waals surface area contributed by atoms with Crippen LogP contribution < -0.4 is 31.3 Å². The topological polar surface area (TPSA) is 303 Å². The molecule has 25 heteroatoms. The maximum Gasteiger partial charge on any atom is 0.308 e. The molecule has 5 N–H and O–H groups in total. The zero-order valence-electron chi connectivity index (χ0n) is 56.7. The fourth-order valence-electron chi connectivity index (χ4n) is 11.5. The molecule has 1 aromatic carbocycles. The highest BCUT2D eigenvalue weighted by Gasteiger charge is 2.46. The first kappa shape index (κ1) is 75.9. The molecule has 0 radical (unpaired) electrons. The number of piperidine rings is 1. The Balaban J connectivity index is 2.29. The summed E-state index contributed by atoms with van der Waals surface area (Å²) >= 11 is 0. The van der Waals surface area contributed by atoms with Gasteiger partial charge in [0.1, 0.15) is 71.8 Å². The molecule has 500 valence electrons. The Morgan fingerprint density at radius 2 is 1.08 bits per heavy atom. The molecular formula is C64H105N11O14. The van der Waals surface area contributed by atoms with E-state index in [1.807, 2.05) is 13.8 Å². The highest BCUT2D eigenvalue weighted by atomic mass is 16.6. The van der Waals surface area contributed by atoms with E-state index in [0.717, 1.165) is 14.7 Å². The fourth-order valence-corrected chi connectivity index (χ4v) is 11.5. The van der Waals surface area contributed by atoms with Crippen molar-refractivity contribution in [1.82, 2.24) is 56.0 Å². The molecule has 0 aliphatic carbocycles. The summed E-state index contributed by atoms with van der Waals surface area (Å²) in [5.41, 5.74) is -0.413. The molecule has 89 heavy (non-hydrogen) atoms. The molecule has 0 bridgehead atoms. The van der Waals surface area contributed by atoms with E-state index in [0.29, 0.717) is 37.0 Å². The second-order valence-corrected chi connectivity index (χ2v) is 26.2. The van der Waals surface area contributed by atoms with Gasteiger partial charge in [-0.1, -0.05) is 94.2 Å². The van der Waals surface area contributed by atoms with Crippen LogP contribution in [0.4, 0.5) is 0 Å². The van der Waals surface area contributed by atoms with E-state index in [-0.39, 0.29) is 19.4 Å². The van der Waals surface area contributed by atoms with Gasteiger partial charge in [-0.05, 0) is 101 Å². The Labute approximate surface area is 527 Å². The van der Waals surface area contributed by atoms with Crippen molar-refractivity contribution in [1.29, 1.82) is 0 Å². The van der Waals surface area contributed by atoms with Crippen LogP contribution in [-0.2, 0) is 68.7 Å². The standard InChI is InChI=1S/C64H105N11O14/c1-22-38(9)52-56(80)65-34-47(76)71(17)50(36(5)6)57(81)68-44(32-42-27-29-43(88-21)30-28-42)55(79)66-40(11)54(78)67-41(12)59(83)75-31-25-24-26-45(75)60(84)72(18)51(37(7)8)58(82)69-49(35(3)4)62(86)70(16)46(33-48(77)89-64(13,14)15)61(85)74(20)53(39(10)23-2)63(87)73(52)19/h27-30,35-41,44-46,49-53H,22-26,31-34H2,1-21H3,(H,65,80)(H,66,79)(H,67,78)(H,68,81)(H,69,82)/t38-,39-,40+,41+,44-,45-,46-,49-,50-,51-,52-,53-/m0/s1. The quantitative estimate of drug-likeness (QED) is 0.188. The van der Waals surface area contributed by atoms with Crippen molar-refractivity contribution in [3.63, 3.8) is 0 Å². The summed E-state index contributed by atoms with van der Waals surface area (Å²) in [6.07, 6.45) is 1.31. The van der Waals surface area contributed by atoms with E-state index in [1.165, 1.54) is 70.9 Å². The molecule has 2 aliphatic heterocycles.